The van der Waals surface area contributed by atoms with Gasteiger partial charge in [-0.1, -0.05) is 73.5 Å². The van der Waals surface area contributed by atoms with Crippen LogP contribution in [0.15, 0.2) is 42.5 Å². The predicted molar refractivity (Wildman–Crippen MR) is 83.4 cm³/mol. The topological polar surface area (TPSA) is 17.1 Å². The van der Waals surface area contributed by atoms with Crippen LogP contribution >= 0.6 is 11.8 Å². The van der Waals surface area contributed by atoms with Gasteiger partial charge in [0.1, 0.15) is 0 Å². The van der Waals surface area contributed by atoms with Gasteiger partial charge in [0.15, 0.2) is 5.12 Å². The largest absolute Gasteiger partial charge is 0.287 e. The molecular formula is C17H22OS. The van der Waals surface area contributed by atoms with Crippen molar-refractivity contribution in [3.05, 3.63) is 48.0 Å². The van der Waals surface area contributed by atoms with Gasteiger partial charge in [0.25, 0.3) is 0 Å². The van der Waals surface area contributed by atoms with E-state index in [1.807, 2.05) is 24.3 Å². The first-order chi connectivity index (χ1) is 9.34. The van der Waals surface area contributed by atoms with Crippen molar-refractivity contribution >= 4 is 16.9 Å². The monoisotopic (exact) mass is 274 g/mol. The van der Waals surface area contributed by atoms with E-state index in [9.17, 15) is 4.79 Å². The normalized spacial score (nSPS) is 16.8. The number of carbonyl (C=O) groups excluding carboxylic acids is 1. The van der Waals surface area contributed by atoms with Gasteiger partial charge >= 0.3 is 0 Å². The molecular weight excluding hydrogens is 252 g/mol. The zero-order valence-electron chi connectivity index (χ0n) is 11.4. The van der Waals surface area contributed by atoms with Crippen LogP contribution in [0.2, 0.25) is 0 Å². The fourth-order valence-corrected chi connectivity index (χ4v) is 3.56. The molecule has 0 atom stereocenters. The number of hydrogen-bond donors (Lipinski definition) is 0. The molecule has 1 aromatic carbocycles. The average molecular weight is 274 g/mol. The van der Waals surface area contributed by atoms with Gasteiger partial charge in [-0.2, -0.15) is 0 Å². The van der Waals surface area contributed by atoms with E-state index in [4.69, 9.17) is 0 Å². The van der Waals surface area contributed by atoms with Crippen LogP contribution in [0.25, 0.3) is 0 Å². The minimum Gasteiger partial charge on any atom is -0.287 e. The van der Waals surface area contributed by atoms with Gasteiger partial charge in [0.05, 0.1) is 0 Å². The predicted octanol–water partition coefficient (Wildman–Crippen LogP) is 4.77. The third-order valence-electron chi connectivity index (χ3n) is 3.50. The molecule has 1 saturated carbocycles. The van der Waals surface area contributed by atoms with Crippen molar-refractivity contribution in [1.29, 1.82) is 0 Å². The molecule has 19 heavy (non-hydrogen) atoms. The fraction of sp³-hybridized carbons (Fsp3) is 0.471. The highest BCUT2D eigenvalue weighted by molar-refractivity contribution is 8.14. The molecule has 0 N–H and O–H groups in total. The lowest BCUT2D eigenvalue weighted by Gasteiger charge is -2.19. The van der Waals surface area contributed by atoms with Crippen LogP contribution < -0.4 is 0 Å². The van der Waals surface area contributed by atoms with Crippen LogP contribution in [0.4, 0.5) is 0 Å². The Morgan fingerprint density at radius 1 is 1.11 bits per heavy atom. The standard InChI is InChI=1S/C17H22OS/c18-17(19-16-12-5-2-6-13-16)14-8-7-11-15-9-3-1-4-10-15/h1,3-4,7-10,16H,2,5-6,11-14H2/b8-7+. The zero-order chi connectivity index (χ0) is 13.3. The molecule has 0 heterocycles. The Morgan fingerprint density at radius 2 is 1.84 bits per heavy atom. The Morgan fingerprint density at radius 3 is 2.58 bits per heavy atom. The lowest BCUT2D eigenvalue weighted by Crippen LogP contribution is -2.10. The summed E-state index contributed by atoms with van der Waals surface area (Å²) in [5.41, 5.74) is 1.30. The molecule has 0 unspecified atom stereocenters. The molecule has 0 spiro atoms. The molecule has 0 saturated heterocycles. The number of benzene rings is 1. The first kappa shape index (κ1) is 14.4. The molecule has 1 aliphatic carbocycles. The summed E-state index contributed by atoms with van der Waals surface area (Å²) >= 11 is 1.58. The van der Waals surface area contributed by atoms with Crippen molar-refractivity contribution in [2.45, 2.75) is 50.2 Å². The van der Waals surface area contributed by atoms with Crippen LogP contribution in [0.1, 0.15) is 44.1 Å². The molecule has 2 rings (SSSR count). The highest BCUT2D eigenvalue weighted by Crippen LogP contribution is 2.29. The van der Waals surface area contributed by atoms with Crippen LogP contribution in [0, 0.1) is 0 Å². The fourth-order valence-electron chi connectivity index (χ4n) is 2.43. The molecule has 1 fully saturated rings. The second-order valence-corrected chi connectivity index (χ2v) is 6.47. The van der Waals surface area contributed by atoms with Gasteiger partial charge < -0.3 is 0 Å². The van der Waals surface area contributed by atoms with Gasteiger partial charge in [0.2, 0.25) is 0 Å². The van der Waals surface area contributed by atoms with Crippen LogP contribution in [0.5, 0.6) is 0 Å². The van der Waals surface area contributed by atoms with E-state index < -0.39 is 0 Å². The lowest BCUT2D eigenvalue weighted by atomic mass is 10.0. The van der Waals surface area contributed by atoms with Gasteiger partial charge in [-0.25, -0.2) is 0 Å². The maximum absolute atomic E-state index is 11.8. The molecule has 0 radical (unpaired) electrons. The summed E-state index contributed by atoms with van der Waals surface area (Å²) in [6, 6.07) is 10.4. The first-order valence-electron chi connectivity index (χ1n) is 7.23. The quantitative estimate of drug-likeness (QED) is 0.720. The maximum atomic E-state index is 11.8. The molecule has 0 amide bonds. The number of rotatable bonds is 5. The van der Waals surface area contributed by atoms with Crippen molar-refractivity contribution in [3.8, 4) is 0 Å². The Balaban J connectivity index is 1.65. The maximum Gasteiger partial charge on any atom is 0.192 e. The molecule has 2 heteroatoms. The SMILES string of the molecule is O=C(C/C=C/Cc1ccccc1)SC1CCCCC1. The van der Waals surface area contributed by atoms with Gasteiger partial charge in [-0.15, -0.1) is 0 Å². The Bertz CT molecular complexity index is 405. The summed E-state index contributed by atoms with van der Waals surface area (Å²) in [4.78, 5) is 11.8. The third-order valence-corrected chi connectivity index (χ3v) is 4.73. The van der Waals surface area contributed by atoms with E-state index >= 15 is 0 Å². The average Bonchev–Trinajstić information content (AvgIpc) is 2.46. The summed E-state index contributed by atoms with van der Waals surface area (Å²) in [7, 11) is 0. The van der Waals surface area contributed by atoms with E-state index in [1.165, 1.54) is 37.7 Å². The van der Waals surface area contributed by atoms with Crippen molar-refractivity contribution in [2.75, 3.05) is 0 Å². The summed E-state index contributed by atoms with van der Waals surface area (Å²) in [6.45, 7) is 0. The Hall–Kier alpha value is -1.02. The second-order valence-electron chi connectivity index (χ2n) is 5.12. The van der Waals surface area contributed by atoms with E-state index in [0.717, 1.165) is 6.42 Å². The molecule has 102 valence electrons. The van der Waals surface area contributed by atoms with Crippen molar-refractivity contribution in [1.82, 2.24) is 0 Å². The molecule has 0 aromatic heterocycles. The number of allylic oxidation sites excluding steroid dienone is 2. The number of hydrogen-bond acceptors (Lipinski definition) is 2. The molecule has 1 nitrogen and oxygen atoms in total. The summed E-state index contributed by atoms with van der Waals surface area (Å²) in [6.07, 6.45) is 12.0. The van der Waals surface area contributed by atoms with Crippen LogP contribution in [0.3, 0.4) is 0 Å². The van der Waals surface area contributed by atoms with E-state index in [0.29, 0.717) is 16.8 Å². The number of carbonyl (C=O) groups is 1. The molecule has 1 aromatic rings. The lowest BCUT2D eigenvalue weighted by molar-refractivity contribution is -0.110. The highest BCUT2D eigenvalue weighted by atomic mass is 32.2. The van der Waals surface area contributed by atoms with Crippen molar-refractivity contribution in [3.63, 3.8) is 0 Å². The van der Waals surface area contributed by atoms with E-state index in [-0.39, 0.29) is 0 Å². The summed E-state index contributed by atoms with van der Waals surface area (Å²) in [5.74, 6) is 0. The summed E-state index contributed by atoms with van der Waals surface area (Å²) < 4.78 is 0. The van der Waals surface area contributed by atoms with Gasteiger partial charge in [-0.3, -0.25) is 4.79 Å². The molecule has 1 aliphatic rings. The number of thioether (sulfide) groups is 1. The van der Waals surface area contributed by atoms with Crippen molar-refractivity contribution in [2.24, 2.45) is 0 Å². The minimum atomic E-state index is 0.330. The van der Waals surface area contributed by atoms with Crippen LogP contribution in [-0.4, -0.2) is 10.4 Å². The van der Waals surface area contributed by atoms with E-state index in [1.54, 1.807) is 11.8 Å². The smallest absolute Gasteiger partial charge is 0.192 e. The molecule has 0 aliphatic heterocycles. The highest BCUT2D eigenvalue weighted by Gasteiger charge is 2.16. The first-order valence-corrected chi connectivity index (χ1v) is 8.11. The second kappa shape index (κ2) is 8.21. The Kier molecular flexibility index (Phi) is 6.22. The summed E-state index contributed by atoms with van der Waals surface area (Å²) in [5, 5.41) is 0.917. The van der Waals surface area contributed by atoms with Crippen molar-refractivity contribution < 1.29 is 4.79 Å². The van der Waals surface area contributed by atoms with Crippen LogP contribution in [-0.2, 0) is 11.2 Å². The van der Waals surface area contributed by atoms with E-state index in [2.05, 4.69) is 18.2 Å². The molecule has 0 bridgehead atoms. The third kappa shape index (κ3) is 5.65. The van der Waals surface area contributed by atoms with Gasteiger partial charge in [-0.05, 0) is 24.8 Å². The Labute approximate surface area is 120 Å². The minimum absolute atomic E-state index is 0.330. The zero-order valence-corrected chi connectivity index (χ0v) is 12.2. The van der Waals surface area contributed by atoms with Gasteiger partial charge in [0, 0.05) is 11.7 Å².